The van der Waals surface area contributed by atoms with E-state index in [1.807, 2.05) is 0 Å². The quantitative estimate of drug-likeness (QED) is 0.663. The van der Waals surface area contributed by atoms with E-state index in [1.165, 1.54) is 12.8 Å². The molecular weight excluding hydrogens is 268 g/mol. The molecule has 0 amide bonds. The van der Waals surface area contributed by atoms with Crippen LogP contribution in [-0.2, 0) is 4.74 Å². The molecule has 0 aliphatic carbocycles. The van der Waals surface area contributed by atoms with Crippen molar-refractivity contribution in [1.29, 1.82) is 0 Å². The van der Waals surface area contributed by atoms with Gasteiger partial charge in [0, 0.05) is 32.7 Å². The number of ether oxygens (including phenoxy) is 1. The topological polar surface area (TPSA) is 75.2 Å². The Morgan fingerprint density at radius 2 is 2.05 bits per heavy atom. The normalized spacial score (nSPS) is 15.9. The lowest BCUT2D eigenvalue weighted by molar-refractivity contribution is 0.0398. The van der Waals surface area contributed by atoms with Crippen molar-refractivity contribution in [2.24, 2.45) is 0 Å². The first-order valence-electron chi connectivity index (χ1n) is 7.86. The number of morpholine rings is 1. The SMILES string of the molecule is CCCCCNc1cnnc(NCCN2CCOCC2)n1. The van der Waals surface area contributed by atoms with E-state index in [1.54, 1.807) is 6.20 Å². The number of aromatic nitrogens is 3. The molecule has 1 aliphatic rings. The summed E-state index contributed by atoms with van der Waals surface area (Å²) < 4.78 is 5.33. The largest absolute Gasteiger partial charge is 0.379 e. The summed E-state index contributed by atoms with van der Waals surface area (Å²) in [5.41, 5.74) is 0. The molecule has 1 fully saturated rings. The maximum Gasteiger partial charge on any atom is 0.244 e. The Labute approximate surface area is 126 Å². The summed E-state index contributed by atoms with van der Waals surface area (Å²) in [6, 6.07) is 0. The van der Waals surface area contributed by atoms with Crippen LogP contribution in [-0.4, -0.2) is 66.0 Å². The van der Waals surface area contributed by atoms with Crippen LogP contribution in [0.15, 0.2) is 6.20 Å². The van der Waals surface area contributed by atoms with Crippen molar-refractivity contribution in [1.82, 2.24) is 20.1 Å². The van der Waals surface area contributed by atoms with Gasteiger partial charge in [-0.05, 0) is 6.42 Å². The van der Waals surface area contributed by atoms with E-state index in [-0.39, 0.29) is 0 Å². The molecule has 21 heavy (non-hydrogen) atoms. The number of hydrogen-bond acceptors (Lipinski definition) is 7. The fraction of sp³-hybridized carbons (Fsp3) is 0.786. The van der Waals surface area contributed by atoms with Gasteiger partial charge in [0.15, 0.2) is 0 Å². The zero-order valence-electron chi connectivity index (χ0n) is 12.8. The van der Waals surface area contributed by atoms with Gasteiger partial charge < -0.3 is 15.4 Å². The summed E-state index contributed by atoms with van der Waals surface area (Å²) in [6.07, 6.45) is 5.27. The number of rotatable bonds is 9. The molecule has 0 atom stereocenters. The van der Waals surface area contributed by atoms with E-state index in [0.29, 0.717) is 5.95 Å². The highest BCUT2D eigenvalue weighted by molar-refractivity contribution is 5.36. The first kappa shape index (κ1) is 15.9. The van der Waals surface area contributed by atoms with E-state index >= 15 is 0 Å². The molecule has 7 nitrogen and oxygen atoms in total. The van der Waals surface area contributed by atoms with Crippen LogP contribution in [0, 0.1) is 0 Å². The van der Waals surface area contributed by atoms with Crippen LogP contribution in [0.2, 0.25) is 0 Å². The number of nitrogens with zero attached hydrogens (tertiary/aromatic N) is 4. The van der Waals surface area contributed by atoms with Crippen molar-refractivity contribution in [2.45, 2.75) is 26.2 Å². The van der Waals surface area contributed by atoms with Gasteiger partial charge >= 0.3 is 0 Å². The highest BCUT2D eigenvalue weighted by Gasteiger charge is 2.09. The first-order chi connectivity index (χ1) is 10.4. The molecule has 0 aromatic carbocycles. The lowest BCUT2D eigenvalue weighted by Gasteiger charge is -2.26. The number of unbranched alkanes of at least 4 members (excludes halogenated alkanes) is 2. The van der Waals surface area contributed by atoms with Crippen LogP contribution >= 0.6 is 0 Å². The van der Waals surface area contributed by atoms with E-state index in [2.05, 4.69) is 37.6 Å². The van der Waals surface area contributed by atoms with Crippen LogP contribution in [0.25, 0.3) is 0 Å². The summed E-state index contributed by atoms with van der Waals surface area (Å²) in [5.74, 6) is 1.37. The second kappa shape index (κ2) is 9.46. The van der Waals surface area contributed by atoms with E-state index in [4.69, 9.17) is 4.74 Å². The van der Waals surface area contributed by atoms with E-state index in [0.717, 1.165) is 58.2 Å². The van der Waals surface area contributed by atoms with Crippen LogP contribution < -0.4 is 10.6 Å². The monoisotopic (exact) mass is 294 g/mol. The Hall–Kier alpha value is -1.47. The van der Waals surface area contributed by atoms with E-state index in [9.17, 15) is 0 Å². The number of nitrogens with one attached hydrogen (secondary N) is 2. The highest BCUT2D eigenvalue weighted by Crippen LogP contribution is 2.04. The van der Waals surface area contributed by atoms with Gasteiger partial charge in [0.05, 0.1) is 19.4 Å². The summed E-state index contributed by atoms with van der Waals surface area (Å²) >= 11 is 0. The molecule has 118 valence electrons. The zero-order chi connectivity index (χ0) is 14.8. The molecule has 1 aromatic heterocycles. The van der Waals surface area contributed by atoms with Crippen LogP contribution in [0.3, 0.4) is 0 Å². The Bertz CT molecular complexity index is 397. The van der Waals surface area contributed by atoms with E-state index < -0.39 is 0 Å². The standard InChI is InChI=1S/C14H26N6O/c1-2-3-4-5-15-13-12-17-19-14(18-13)16-6-7-20-8-10-21-11-9-20/h12H,2-11H2,1H3,(H2,15,16,18,19). The molecule has 0 radical (unpaired) electrons. The Kier molecular flexibility index (Phi) is 7.17. The van der Waals surface area contributed by atoms with Crippen molar-refractivity contribution < 1.29 is 4.74 Å². The summed E-state index contributed by atoms with van der Waals surface area (Å²) in [4.78, 5) is 6.79. The molecule has 0 spiro atoms. The molecule has 2 N–H and O–H groups in total. The molecule has 0 unspecified atom stereocenters. The molecule has 0 bridgehead atoms. The molecule has 1 aromatic rings. The molecule has 2 rings (SSSR count). The molecule has 7 heteroatoms. The molecular formula is C14H26N6O. The van der Waals surface area contributed by atoms with Crippen LogP contribution in [0.5, 0.6) is 0 Å². The predicted molar refractivity (Wildman–Crippen MR) is 83.6 cm³/mol. The average Bonchev–Trinajstić information content (AvgIpc) is 2.53. The molecule has 2 heterocycles. The Morgan fingerprint density at radius 1 is 1.19 bits per heavy atom. The third kappa shape index (κ3) is 6.22. The zero-order valence-corrected chi connectivity index (χ0v) is 12.8. The van der Waals surface area contributed by atoms with Crippen molar-refractivity contribution in [2.75, 3.05) is 56.6 Å². The number of hydrogen-bond donors (Lipinski definition) is 2. The predicted octanol–water partition coefficient (Wildman–Crippen LogP) is 1.22. The van der Waals surface area contributed by atoms with Crippen LogP contribution in [0.4, 0.5) is 11.8 Å². The number of anilines is 2. The first-order valence-corrected chi connectivity index (χ1v) is 7.86. The minimum atomic E-state index is 0.587. The second-order valence-corrected chi connectivity index (χ2v) is 5.18. The fourth-order valence-corrected chi connectivity index (χ4v) is 2.21. The minimum absolute atomic E-state index is 0.587. The molecule has 0 saturated carbocycles. The smallest absolute Gasteiger partial charge is 0.244 e. The Morgan fingerprint density at radius 3 is 2.86 bits per heavy atom. The lowest BCUT2D eigenvalue weighted by atomic mass is 10.2. The van der Waals surface area contributed by atoms with Crippen molar-refractivity contribution in [3.05, 3.63) is 6.20 Å². The third-order valence-electron chi connectivity index (χ3n) is 3.46. The summed E-state index contributed by atoms with van der Waals surface area (Å²) in [5, 5.41) is 14.5. The van der Waals surface area contributed by atoms with Crippen LogP contribution in [0.1, 0.15) is 26.2 Å². The maximum atomic E-state index is 5.33. The van der Waals surface area contributed by atoms with Gasteiger partial charge in [-0.15, -0.1) is 5.10 Å². The molecule has 1 saturated heterocycles. The van der Waals surface area contributed by atoms with Gasteiger partial charge in [-0.25, -0.2) is 0 Å². The third-order valence-corrected chi connectivity index (χ3v) is 3.46. The van der Waals surface area contributed by atoms with Gasteiger partial charge in [-0.2, -0.15) is 10.1 Å². The average molecular weight is 294 g/mol. The van der Waals surface area contributed by atoms with Crippen molar-refractivity contribution in [3.8, 4) is 0 Å². The summed E-state index contributed by atoms with van der Waals surface area (Å²) in [7, 11) is 0. The highest BCUT2D eigenvalue weighted by atomic mass is 16.5. The van der Waals surface area contributed by atoms with Crippen molar-refractivity contribution in [3.63, 3.8) is 0 Å². The van der Waals surface area contributed by atoms with Gasteiger partial charge in [-0.3, -0.25) is 4.90 Å². The van der Waals surface area contributed by atoms with Crippen molar-refractivity contribution >= 4 is 11.8 Å². The summed E-state index contributed by atoms with van der Waals surface area (Å²) in [6.45, 7) is 8.58. The van der Waals surface area contributed by atoms with Gasteiger partial charge in [0.1, 0.15) is 5.82 Å². The minimum Gasteiger partial charge on any atom is -0.379 e. The van der Waals surface area contributed by atoms with Gasteiger partial charge in [-0.1, -0.05) is 19.8 Å². The van der Waals surface area contributed by atoms with Gasteiger partial charge in [0.25, 0.3) is 0 Å². The Balaban J connectivity index is 1.67. The second-order valence-electron chi connectivity index (χ2n) is 5.18. The molecule has 1 aliphatic heterocycles. The van der Waals surface area contributed by atoms with Gasteiger partial charge in [0.2, 0.25) is 5.95 Å². The lowest BCUT2D eigenvalue weighted by Crippen LogP contribution is -2.39. The fourth-order valence-electron chi connectivity index (χ4n) is 2.21. The maximum absolute atomic E-state index is 5.33.